The molecule has 2 aromatic carbocycles. The summed E-state index contributed by atoms with van der Waals surface area (Å²) in [4.78, 5) is 12.4. The summed E-state index contributed by atoms with van der Waals surface area (Å²) in [6.07, 6.45) is 0. The van der Waals surface area contributed by atoms with Crippen molar-refractivity contribution in [2.45, 2.75) is 24.3 Å². The van der Waals surface area contributed by atoms with Gasteiger partial charge in [0.05, 0.1) is 5.25 Å². The highest BCUT2D eigenvalue weighted by molar-refractivity contribution is 8.00. The number of aryl methyl sites for hydroxylation is 1. The predicted molar refractivity (Wildman–Crippen MR) is 92.8 cm³/mol. The molecule has 118 valence electrons. The number of nitrogen functional groups attached to an aromatic ring is 1. The smallest absolute Gasteiger partial charge is 0.237 e. The lowest BCUT2D eigenvalue weighted by molar-refractivity contribution is -0.115. The Hall–Kier alpha value is -2.54. The number of rotatable bonds is 4. The fourth-order valence-electron chi connectivity index (χ4n) is 2.21. The number of benzene rings is 2. The molecular weight excluding hydrogens is 310 g/mol. The fourth-order valence-corrected chi connectivity index (χ4v) is 3.03. The molecule has 3 N–H and O–H groups in total. The zero-order valence-corrected chi connectivity index (χ0v) is 13.7. The number of carbonyl (C=O) groups excluding carboxylic acids is 1. The van der Waals surface area contributed by atoms with E-state index in [-0.39, 0.29) is 11.2 Å². The van der Waals surface area contributed by atoms with E-state index in [9.17, 15) is 4.79 Å². The maximum absolute atomic E-state index is 12.4. The number of nitrogens with one attached hydrogen (secondary N) is 1. The van der Waals surface area contributed by atoms with Crippen LogP contribution >= 0.6 is 11.8 Å². The molecule has 0 aliphatic heterocycles. The van der Waals surface area contributed by atoms with Gasteiger partial charge in [-0.1, -0.05) is 48.2 Å². The average molecular weight is 327 g/mol. The van der Waals surface area contributed by atoms with Gasteiger partial charge in [-0.2, -0.15) is 0 Å². The second kappa shape index (κ2) is 6.29. The van der Waals surface area contributed by atoms with Gasteiger partial charge < -0.3 is 11.2 Å². The monoisotopic (exact) mass is 327 g/mol. The number of aromatic nitrogens is 3. The van der Waals surface area contributed by atoms with E-state index in [4.69, 9.17) is 5.84 Å². The van der Waals surface area contributed by atoms with Crippen LogP contribution in [0.1, 0.15) is 12.7 Å². The van der Waals surface area contributed by atoms with E-state index in [0.29, 0.717) is 11.0 Å². The molecule has 0 unspecified atom stereocenters. The van der Waals surface area contributed by atoms with Gasteiger partial charge in [-0.05, 0) is 25.3 Å². The minimum Gasteiger partial charge on any atom is -0.336 e. The Balaban J connectivity index is 1.76. The van der Waals surface area contributed by atoms with Crippen LogP contribution in [0.2, 0.25) is 0 Å². The van der Waals surface area contributed by atoms with Gasteiger partial charge in [-0.25, -0.2) is 4.68 Å². The normalized spacial score (nSPS) is 12.3. The van der Waals surface area contributed by atoms with Crippen molar-refractivity contribution in [3.8, 4) is 0 Å². The highest BCUT2D eigenvalue weighted by Gasteiger charge is 2.19. The van der Waals surface area contributed by atoms with E-state index in [1.165, 1.54) is 16.4 Å². The van der Waals surface area contributed by atoms with Crippen molar-refractivity contribution < 1.29 is 4.79 Å². The van der Waals surface area contributed by atoms with E-state index in [0.717, 1.165) is 16.5 Å². The van der Waals surface area contributed by atoms with Crippen LogP contribution in [-0.2, 0) is 4.79 Å². The van der Waals surface area contributed by atoms with Gasteiger partial charge in [0.1, 0.15) is 5.82 Å². The molecule has 0 radical (unpaired) electrons. The average Bonchev–Trinajstić information content (AvgIpc) is 2.87. The van der Waals surface area contributed by atoms with Crippen molar-refractivity contribution in [3.63, 3.8) is 0 Å². The van der Waals surface area contributed by atoms with Crippen LogP contribution in [0.4, 0.5) is 5.69 Å². The van der Waals surface area contributed by atoms with Crippen molar-refractivity contribution in [2.24, 2.45) is 0 Å². The number of fused-ring (bicyclic) bond motifs is 1. The quantitative estimate of drug-likeness (QED) is 0.568. The summed E-state index contributed by atoms with van der Waals surface area (Å²) < 4.78 is 1.38. The first kappa shape index (κ1) is 15.4. The molecule has 3 rings (SSSR count). The molecule has 6 nitrogen and oxygen atoms in total. The third-order valence-electron chi connectivity index (χ3n) is 3.53. The number of thioether (sulfide) groups is 1. The first-order valence-electron chi connectivity index (χ1n) is 7.18. The molecule has 0 spiro atoms. The van der Waals surface area contributed by atoms with Crippen molar-refractivity contribution in [2.75, 3.05) is 11.2 Å². The van der Waals surface area contributed by atoms with E-state index in [1.807, 2.05) is 49.4 Å². The van der Waals surface area contributed by atoms with Crippen LogP contribution in [0.25, 0.3) is 10.8 Å². The summed E-state index contributed by atoms with van der Waals surface area (Å²) in [5, 5.41) is 13.1. The van der Waals surface area contributed by atoms with Crippen LogP contribution in [0.5, 0.6) is 0 Å². The summed E-state index contributed by atoms with van der Waals surface area (Å²) in [7, 11) is 0. The van der Waals surface area contributed by atoms with Gasteiger partial charge in [0.2, 0.25) is 11.1 Å². The van der Waals surface area contributed by atoms with Gasteiger partial charge in [-0.3, -0.25) is 4.79 Å². The molecule has 3 aromatic rings. The Bertz CT molecular complexity index is 855. The van der Waals surface area contributed by atoms with E-state index in [1.54, 1.807) is 6.92 Å². The summed E-state index contributed by atoms with van der Waals surface area (Å²) >= 11 is 1.28. The third-order valence-corrected chi connectivity index (χ3v) is 4.59. The number of anilines is 1. The molecule has 0 fully saturated rings. The number of hydrogen-bond acceptors (Lipinski definition) is 5. The van der Waals surface area contributed by atoms with Crippen LogP contribution in [-0.4, -0.2) is 26.0 Å². The first-order chi connectivity index (χ1) is 11.1. The van der Waals surface area contributed by atoms with Gasteiger partial charge in [0.15, 0.2) is 0 Å². The SMILES string of the molecule is Cc1nnc(S[C@@H](C)C(=O)Nc2cccc3ccccc23)n1N. The van der Waals surface area contributed by atoms with E-state index >= 15 is 0 Å². The fraction of sp³-hybridized carbons (Fsp3) is 0.188. The van der Waals surface area contributed by atoms with Gasteiger partial charge in [-0.15, -0.1) is 10.2 Å². The molecule has 1 heterocycles. The second-order valence-corrected chi connectivity index (χ2v) is 6.48. The van der Waals surface area contributed by atoms with Gasteiger partial charge >= 0.3 is 0 Å². The zero-order valence-electron chi connectivity index (χ0n) is 12.9. The molecule has 0 saturated carbocycles. The molecule has 0 saturated heterocycles. The van der Waals surface area contributed by atoms with E-state index < -0.39 is 0 Å². The number of nitrogens with two attached hydrogens (primary N) is 1. The summed E-state index contributed by atoms with van der Waals surface area (Å²) in [5.74, 6) is 6.32. The molecule has 0 aliphatic rings. The topological polar surface area (TPSA) is 85.8 Å². The number of nitrogens with zero attached hydrogens (tertiary/aromatic N) is 3. The van der Waals surface area contributed by atoms with Gasteiger partial charge in [0, 0.05) is 11.1 Å². The number of carbonyl (C=O) groups is 1. The first-order valence-corrected chi connectivity index (χ1v) is 8.06. The predicted octanol–water partition coefficient (Wildman–Crippen LogP) is 2.57. The minimum atomic E-state index is -0.347. The molecule has 0 bridgehead atoms. The Labute approximate surface area is 138 Å². The lowest BCUT2D eigenvalue weighted by atomic mass is 10.1. The molecule has 1 aromatic heterocycles. The van der Waals surface area contributed by atoms with Crippen LogP contribution in [0.15, 0.2) is 47.6 Å². The standard InChI is InChI=1S/C16H17N5OS/c1-10(23-16-20-19-11(2)21(16)17)15(22)18-14-9-5-7-12-6-3-4-8-13(12)14/h3-10H,17H2,1-2H3,(H,18,22)/t10-/m0/s1. The molecule has 1 amide bonds. The second-order valence-electron chi connectivity index (χ2n) is 5.18. The van der Waals surface area contributed by atoms with E-state index in [2.05, 4.69) is 15.5 Å². The van der Waals surface area contributed by atoms with Crippen molar-refractivity contribution >= 4 is 34.1 Å². The van der Waals surface area contributed by atoms with Crippen molar-refractivity contribution in [1.82, 2.24) is 14.9 Å². The van der Waals surface area contributed by atoms with Gasteiger partial charge in [0.25, 0.3) is 0 Å². The summed E-state index contributed by atoms with van der Waals surface area (Å²) in [6, 6.07) is 13.8. The van der Waals surface area contributed by atoms with Crippen molar-refractivity contribution in [1.29, 1.82) is 0 Å². The number of amides is 1. The lowest BCUT2D eigenvalue weighted by Crippen LogP contribution is -2.23. The van der Waals surface area contributed by atoms with Crippen LogP contribution < -0.4 is 11.2 Å². The Morgan fingerprint density at radius 1 is 1.22 bits per heavy atom. The highest BCUT2D eigenvalue weighted by Crippen LogP contribution is 2.25. The Kier molecular flexibility index (Phi) is 4.20. The molecule has 0 aliphatic carbocycles. The summed E-state index contributed by atoms with van der Waals surface area (Å²) in [6.45, 7) is 3.58. The molecular formula is C16H17N5OS. The Morgan fingerprint density at radius 2 is 1.96 bits per heavy atom. The molecule has 7 heteroatoms. The van der Waals surface area contributed by atoms with Crippen LogP contribution in [0.3, 0.4) is 0 Å². The minimum absolute atomic E-state index is 0.105. The largest absolute Gasteiger partial charge is 0.336 e. The lowest BCUT2D eigenvalue weighted by Gasteiger charge is -2.13. The summed E-state index contributed by atoms with van der Waals surface area (Å²) in [5.41, 5.74) is 0.797. The number of hydrogen-bond donors (Lipinski definition) is 2. The maximum Gasteiger partial charge on any atom is 0.237 e. The molecule has 23 heavy (non-hydrogen) atoms. The molecule has 1 atom stereocenters. The Morgan fingerprint density at radius 3 is 2.70 bits per heavy atom. The highest BCUT2D eigenvalue weighted by atomic mass is 32.2. The third kappa shape index (κ3) is 3.14. The zero-order chi connectivity index (χ0) is 16.4. The van der Waals surface area contributed by atoms with Crippen LogP contribution in [0, 0.1) is 6.92 Å². The maximum atomic E-state index is 12.4. The van der Waals surface area contributed by atoms with Crippen molar-refractivity contribution in [3.05, 3.63) is 48.3 Å².